The molecule has 0 saturated carbocycles. The molecule has 4 aromatic carbocycles. The molecule has 270 valence electrons. The predicted octanol–water partition coefficient (Wildman–Crippen LogP) is 10.3. The van der Waals surface area contributed by atoms with Crippen molar-refractivity contribution in [2.45, 2.75) is 99.3 Å². The standard InChI is InChI=1S/C45H54O6/c1-28(2)16-19-37-40(25-31-10-7-13-34(22-31)43(46)47)38(20-17-29(3)4)42(27-33-12-9-15-36(24-33)45(50)51)39(21-18-30(5)6)41(37)26-32-11-8-14-35(23-32)44(48)49/h7-15,22-24,28-30H,16-21,25-27H2,1-6H3,(H,46,47)(H,48,49)(H,50,51). The van der Waals surface area contributed by atoms with Crippen LogP contribution >= 0.6 is 0 Å². The largest absolute Gasteiger partial charge is 0.478 e. The molecule has 0 aromatic heterocycles. The summed E-state index contributed by atoms with van der Waals surface area (Å²) < 4.78 is 0. The fraction of sp³-hybridized carbons (Fsp3) is 0.400. The van der Waals surface area contributed by atoms with Crippen molar-refractivity contribution in [3.8, 4) is 0 Å². The van der Waals surface area contributed by atoms with Crippen LogP contribution in [0, 0.1) is 17.8 Å². The number of benzene rings is 4. The first-order valence-corrected chi connectivity index (χ1v) is 18.4. The molecule has 0 unspecified atom stereocenters. The van der Waals surface area contributed by atoms with Crippen LogP contribution < -0.4 is 0 Å². The Bertz CT molecular complexity index is 1610. The maximum atomic E-state index is 12.0. The monoisotopic (exact) mass is 690 g/mol. The number of rotatable bonds is 18. The molecule has 0 aliphatic heterocycles. The van der Waals surface area contributed by atoms with Crippen LogP contribution in [-0.4, -0.2) is 33.2 Å². The van der Waals surface area contributed by atoms with Gasteiger partial charge in [-0.15, -0.1) is 0 Å². The van der Waals surface area contributed by atoms with E-state index in [0.29, 0.717) is 37.0 Å². The van der Waals surface area contributed by atoms with Gasteiger partial charge in [0.2, 0.25) is 0 Å². The lowest BCUT2D eigenvalue weighted by molar-refractivity contribution is 0.0686. The van der Waals surface area contributed by atoms with Crippen LogP contribution in [0.3, 0.4) is 0 Å². The predicted molar refractivity (Wildman–Crippen MR) is 205 cm³/mol. The van der Waals surface area contributed by atoms with Crippen molar-refractivity contribution in [2.75, 3.05) is 0 Å². The molecule has 0 radical (unpaired) electrons. The zero-order valence-corrected chi connectivity index (χ0v) is 31.1. The molecule has 0 fully saturated rings. The molecule has 6 heteroatoms. The summed E-state index contributed by atoms with van der Waals surface area (Å²) in [7, 11) is 0. The first kappa shape index (κ1) is 39.1. The van der Waals surface area contributed by atoms with E-state index in [9.17, 15) is 29.7 Å². The zero-order chi connectivity index (χ0) is 37.2. The van der Waals surface area contributed by atoms with Gasteiger partial charge in [0.1, 0.15) is 0 Å². The second-order valence-corrected chi connectivity index (χ2v) is 15.2. The zero-order valence-electron chi connectivity index (χ0n) is 31.1. The van der Waals surface area contributed by atoms with Crippen LogP contribution in [0.1, 0.15) is 142 Å². The Morgan fingerprint density at radius 3 is 0.902 bits per heavy atom. The second-order valence-electron chi connectivity index (χ2n) is 15.2. The van der Waals surface area contributed by atoms with Gasteiger partial charge >= 0.3 is 17.9 Å². The third-order valence-corrected chi connectivity index (χ3v) is 9.77. The highest BCUT2D eigenvalue weighted by atomic mass is 16.4. The molecular formula is C45H54O6. The first-order chi connectivity index (χ1) is 24.2. The van der Waals surface area contributed by atoms with Crippen LogP contribution in [0.25, 0.3) is 0 Å². The Labute approximate surface area is 303 Å². The van der Waals surface area contributed by atoms with Gasteiger partial charge in [0.25, 0.3) is 0 Å². The van der Waals surface area contributed by atoms with Crippen LogP contribution in [0.2, 0.25) is 0 Å². The highest BCUT2D eigenvalue weighted by Crippen LogP contribution is 2.37. The van der Waals surface area contributed by atoms with E-state index < -0.39 is 17.9 Å². The molecule has 0 atom stereocenters. The average molecular weight is 691 g/mol. The minimum Gasteiger partial charge on any atom is -0.478 e. The van der Waals surface area contributed by atoms with E-state index in [0.717, 1.165) is 55.2 Å². The molecule has 0 bridgehead atoms. The molecule has 0 spiro atoms. The van der Waals surface area contributed by atoms with Gasteiger partial charge in [-0.2, -0.15) is 0 Å². The van der Waals surface area contributed by atoms with Crippen LogP contribution in [0.15, 0.2) is 72.8 Å². The summed E-state index contributed by atoms with van der Waals surface area (Å²) in [5.41, 5.74) is 11.1. The third-order valence-electron chi connectivity index (χ3n) is 9.77. The van der Waals surface area contributed by atoms with Crippen LogP contribution in [-0.2, 0) is 38.5 Å². The molecule has 0 aliphatic rings. The topological polar surface area (TPSA) is 112 Å². The van der Waals surface area contributed by atoms with Crippen LogP contribution in [0.4, 0.5) is 0 Å². The van der Waals surface area contributed by atoms with Crippen molar-refractivity contribution in [2.24, 2.45) is 17.8 Å². The molecular weight excluding hydrogens is 636 g/mol. The van der Waals surface area contributed by atoms with Gasteiger partial charge in [0.05, 0.1) is 16.7 Å². The van der Waals surface area contributed by atoms with E-state index >= 15 is 0 Å². The van der Waals surface area contributed by atoms with E-state index in [-0.39, 0.29) is 16.7 Å². The maximum Gasteiger partial charge on any atom is 0.335 e. The first-order valence-electron chi connectivity index (χ1n) is 18.4. The molecule has 3 N–H and O–H groups in total. The van der Waals surface area contributed by atoms with Gasteiger partial charge in [-0.25, -0.2) is 14.4 Å². The molecule has 4 rings (SSSR count). The van der Waals surface area contributed by atoms with Crippen LogP contribution in [0.5, 0.6) is 0 Å². The highest BCUT2D eigenvalue weighted by molar-refractivity contribution is 5.88. The Balaban J connectivity index is 2.13. The number of carbonyl (C=O) groups is 3. The number of hydrogen-bond donors (Lipinski definition) is 3. The fourth-order valence-corrected chi connectivity index (χ4v) is 6.99. The molecule has 0 saturated heterocycles. The van der Waals surface area contributed by atoms with Gasteiger partial charge < -0.3 is 15.3 Å². The Morgan fingerprint density at radius 2 is 0.686 bits per heavy atom. The summed E-state index contributed by atoms with van der Waals surface area (Å²) in [6, 6.07) is 21.7. The molecule has 51 heavy (non-hydrogen) atoms. The van der Waals surface area contributed by atoms with Crippen molar-refractivity contribution < 1.29 is 29.7 Å². The van der Waals surface area contributed by atoms with E-state index in [4.69, 9.17) is 0 Å². The molecule has 0 aliphatic carbocycles. The summed E-state index contributed by atoms with van der Waals surface area (Å²) in [5, 5.41) is 29.6. The lowest BCUT2D eigenvalue weighted by atomic mass is 9.75. The lowest BCUT2D eigenvalue weighted by Gasteiger charge is -2.29. The number of aromatic carboxylic acids is 3. The van der Waals surface area contributed by atoms with Gasteiger partial charge in [-0.05, 0) is 162 Å². The van der Waals surface area contributed by atoms with Crippen molar-refractivity contribution in [1.82, 2.24) is 0 Å². The minimum atomic E-state index is -0.959. The number of carboxylic acids is 3. The molecule has 0 amide bonds. The summed E-state index contributed by atoms with van der Waals surface area (Å²) in [5.74, 6) is -1.52. The average Bonchev–Trinajstić information content (AvgIpc) is 3.07. The van der Waals surface area contributed by atoms with Crippen molar-refractivity contribution in [3.63, 3.8) is 0 Å². The van der Waals surface area contributed by atoms with Gasteiger partial charge in [-0.1, -0.05) is 77.9 Å². The number of carboxylic acid groups (broad SMARTS) is 3. The molecule has 6 nitrogen and oxygen atoms in total. The SMILES string of the molecule is CC(C)CCc1c(Cc2cccc(C(=O)O)c2)c(CCC(C)C)c(Cc2cccc(C(=O)O)c2)c(CCC(C)C)c1Cc1cccc(C(=O)O)c1. The van der Waals surface area contributed by atoms with Crippen molar-refractivity contribution >= 4 is 17.9 Å². The minimum absolute atomic E-state index is 0.255. The van der Waals surface area contributed by atoms with E-state index in [1.165, 1.54) is 33.4 Å². The summed E-state index contributed by atoms with van der Waals surface area (Å²) >= 11 is 0. The maximum absolute atomic E-state index is 12.0. The van der Waals surface area contributed by atoms with E-state index in [1.54, 1.807) is 36.4 Å². The number of hydrogen-bond acceptors (Lipinski definition) is 3. The highest BCUT2D eigenvalue weighted by Gasteiger charge is 2.25. The smallest absolute Gasteiger partial charge is 0.335 e. The van der Waals surface area contributed by atoms with Crippen molar-refractivity contribution in [1.29, 1.82) is 0 Å². The fourth-order valence-electron chi connectivity index (χ4n) is 6.99. The van der Waals surface area contributed by atoms with E-state index in [2.05, 4.69) is 41.5 Å². The van der Waals surface area contributed by atoms with Gasteiger partial charge in [0.15, 0.2) is 0 Å². The Morgan fingerprint density at radius 1 is 0.431 bits per heavy atom. The van der Waals surface area contributed by atoms with E-state index in [1.807, 2.05) is 36.4 Å². The second kappa shape index (κ2) is 18.0. The van der Waals surface area contributed by atoms with Gasteiger partial charge in [0, 0.05) is 0 Å². The summed E-state index contributed by atoms with van der Waals surface area (Å²) in [4.78, 5) is 36.1. The third kappa shape index (κ3) is 10.9. The Hall–Kier alpha value is -4.71. The summed E-state index contributed by atoms with van der Waals surface area (Å²) in [6.07, 6.45) is 7.14. The van der Waals surface area contributed by atoms with Gasteiger partial charge in [-0.3, -0.25) is 0 Å². The lowest BCUT2D eigenvalue weighted by Crippen LogP contribution is -2.17. The molecule has 0 heterocycles. The quantitative estimate of drug-likeness (QED) is 0.0958. The normalized spacial score (nSPS) is 11.5. The Kier molecular flexibility index (Phi) is 13.8. The van der Waals surface area contributed by atoms with Crippen molar-refractivity contribution in [3.05, 3.63) is 140 Å². The molecule has 4 aromatic rings. The summed E-state index contributed by atoms with van der Waals surface area (Å²) in [6.45, 7) is 13.4.